The van der Waals surface area contributed by atoms with Crippen LogP contribution in [0.3, 0.4) is 0 Å². The van der Waals surface area contributed by atoms with E-state index in [9.17, 15) is 0 Å². The Morgan fingerprint density at radius 3 is 1.97 bits per heavy atom. The zero-order valence-electron chi connectivity index (χ0n) is 19.4. The predicted octanol–water partition coefficient (Wildman–Crippen LogP) is 9.14. The number of halogens is 1. The molecule has 4 heteroatoms. The highest BCUT2D eigenvalue weighted by molar-refractivity contribution is 9.10. The summed E-state index contributed by atoms with van der Waals surface area (Å²) < 4.78 is 1.03. The van der Waals surface area contributed by atoms with E-state index in [-0.39, 0.29) is 0 Å². The van der Waals surface area contributed by atoms with E-state index in [1.54, 1.807) is 0 Å². The molecule has 0 spiro atoms. The van der Waals surface area contributed by atoms with Crippen molar-refractivity contribution in [1.29, 1.82) is 0 Å². The van der Waals surface area contributed by atoms with Crippen LogP contribution in [0, 0.1) is 0 Å². The van der Waals surface area contributed by atoms with Gasteiger partial charge >= 0.3 is 0 Å². The molecule has 6 rings (SSSR count). The number of rotatable bonds is 5. The molecule has 6 aromatic rings. The highest BCUT2D eigenvalue weighted by Gasteiger charge is 2.14. The average Bonchev–Trinajstić information content (AvgIpc) is 2.94. The minimum atomic E-state index is 0.563. The number of aromatic nitrogens is 2. The quantitative estimate of drug-likeness (QED) is 0.243. The summed E-state index contributed by atoms with van der Waals surface area (Å²) >= 11 is 3.75. The molecule has 1 aromatic heterocycles. The van der Waals surface area contributed by atoms with Crippen LogP contribution in [0.1, 0.15) is 0 Å². The molecule has 5 aromatic carbocycles. The number of hydrogen-bond donors (Lipinski definition) is 1. The topological polar surface area (TPSA) is 37.8 Å². The van der Waals surface area contributed by atoms with Gasteiger partial charge in [0.2, 0.25) is 5.95 Å². The van der Waals surface area contributed by atoms with Crippen molar-refractivity contribution in [2.45, 2.75) is 0 Å². The van der Waals surface area contributed by atoms with Crippen LogP contribution in [-0.4, -0.2) is 9.97 Å². The summed E-state index contributed by atoms with van der Waals surface area (Å²) in [5, 5.41) is 4.56. The molecule has 1 N–H and O–H groups in total. The highest BCUT2D eigenvalue weighted by atomic mass is 79.9. The average molecular weight is 528 g/mol. The molecule has 0 saturated heterocycles. The Morgan fingerprint density at radius 1 is 0.528 bits per heavy atom. The second kappa shape index (κ2) is 9.76. The monoisotopic (exact) mass is 527 g/mol. The first-order valence-electron chi connectivity index (χ1n) is 11.8. The minimum Gasteiger partial charge on any atom is -0.324 e. The summed E-state index contributed by atoms with van der Waals surface area (Å²) in [4.78, 5) is 9.83. The summed E-state index contributed by atoms with van der Waals surface area (Å²) in [5.74, 6) is 0.563. The van der Waals surface area contributed by atoms with Crippen LogP contribution in [0.15, 0.2) is 132 Å². The fourth-order valence-corrected chi connectivity index (χ4v) is 4.93. The number of nitrogens with zero attached hydrogens (tertiary/aromatic N) is 2. The van der Waals surface area contributed by atoms with Gasteiger partial charge < -0.3 is 5.32 Å². The van der Waals surface area contributed by atoms with E-state index in [2.05, 4.69) is 100 Å². The van der Waals surface area contributed by atoms with Gasteiger partial charge in [-0.15, -0.1) is 0 Å². The van der Waals surface area contributed by atoms with Gasteiger partial charge in [-0.3, -0.25) is 0 Å². The van der Waals surface area contributed by atoms with Gasteiger partial charge in [-0.1, -0.05) is 119 Å². The molecule has 0 aliphatic heterocycles. The lowest BCUT2D eigenvalue weighted by atomic mass is 9.97. The van der Waals surface area contributed by atoms with Crippen LogP contribution in [0.4, 0.5) is 11.6 Å². The number of benzene rings is 5. The second-order valence-corrected chi connectivity index (χ2v) is 9.36. The van der Waals surface area contributed by atoms with Crippen molar-refractivity contribution in [2.75, 3.05) is 5.32 Å². The number of para-hydroxylation sites is 1. The van der Waals surface area contributed by atoms with Crippen LogP contribution < -0.4 is 5.32 Å². The Labute approximate surface area is 218 Å². The molecule has 0 unspecified atom stereocenters. The van der Waals surface area contributed by atoms with E-state index in [4.69, 9.17) is 9.97 Å². The molecule has 0 radical (unpaired) electrons. The van der Waals surface area contributed by atoms with Crippen LogP contribution in [0.2, 0.25) is 0 Å². The third-order valence-electron chi connectivity index (χ3n) is 6.19. The lowest BCUT2D eigenvalue weighted by Gasteiger charge is -2.16. The Kier molecular flexibility index (Phi) is 6.02. The summed E-state index contributed by atoms with van der Waals surface area (Å²) in [5.41, 5.74) is 8.30. The zero-order chi connectivity index (χ0) is 24.3. The Hall–Kier alpha value is -4.28. The van der Waals surface area contributed by atoms with E-state index in [1.807, 2.05) is 48.5 Å². The molecule has 0 fully saturated rings. The number of fused-ring (bicyclic) bond motifs is 1. The maximum atomic E-state index is 4.97. The van der Waals surface area contributed by atoms with Crippen molar-refractivity contribution in [3.05, 3.63) is 132 Å². The summed E-state index contributed by atoms with van der Waals surface area (Å²) in [6.45, 7) is 0. The largest absolute Gasteiger partial charge is 0.324 e. The van der Waals surface area contributed by atoms with Crippen molar-refractivity contribution in [3.8, 4) is 33.5 Å². The minimum absolute atomic E-state index is 0.563. The van der Waals surface area contributed by atoms with E-state index in [0.717, 1.165) is 49.0 Å². The van der Waals surface area contributed by atoms with Gasteiger partial charge in [0, 0.05) is 26.7 Å². The molecular weight excluding hydrogens is 506 g/mol. The third kappa shape index (κ3) is 4.39. The molecule has 0 saturated carbocycles. The van der Waals surface area contributed by atoms with Crippen LogP contribution in [0.25, 0.3) is 44.4 Å². The Bertz CT molecular complexity index is 1660. The molecule has 0 aliphatic carbocycles. The van der Waals surface area contributed by atoms with Crippen molar-refractivity contribution in [3.63, 3.8) is 0 Å². The fraction of sp³-hybridized carbons (Fsp3) is 0. The first-order chi connectivity index (χ1) is 17.8. The van der Waals surface area contributed by atoms with Crippen molar-refractivity contribution >= 4 is 38.5 Å². The molecule has 172 valence electrons. The number of hydrogen-bond acceptors (Lipinski definition) is 3. The third-order valence-corrected chi connectivity index (χ3v) is 6.88. The van der Waals surface area contributed by atoms with Gasteiger partial charge in [-0.05, 0) is 41.0 Å². The van der Waals surface area contributed by atoms with Gasteiger partial charge in [0.15, 0.2) is 0 Å². The maximum Gasteiger partial charge on any atom is 0.228 e. The summed E-state index contributed by atoms with van der Waals surface area (Å²) in [6, 6.07) is 43.5. The van der Waals surface area contributed by atoms with Crippen LogP contribution in [-0.2, 0) is 0 Å². The van der Waals surface area contributed by atoms with E-state index >= 15 is 0 Å². The lowest BCUT2D eigenvalue weighted by Crippen LogP contribution is -2.01. The molecular formula is C32H22BrN3. The van der Waals surface area contributed by atoms with Crippen molar-refractivity contribution < 1.29 is 0 Å². The SMILES string of the molecule is Brc1ccccc1-c1cc(-c2ccccc2)ccc1Nc1nc(-c2ccccc2)c2ccccc2n1. The standard InChI is InChI=1S/C32H22BrN3/c33-28-17-9-7-15-25(28)27-21-24(22-11-3-1-4-12-22)19-20-30(27)35-32-34-29-18-10-8-16-26(29)31(36-32)23-13-5-2-6-14-23/h1-21H,(H,34,35,36). The molecule has 3 nitrogen and oxygen atoms in total. The maximum absolute atomic E-state index is 4.97. The normalized spacial score (nSPS) is 10.9. The lowest BCUT2D eigenvalue weighted by molar-refractivity contribution is 1.22. The van der Waals surface area contributed by atoms with Gasteiger partial charge in [-0.2, -0.15) is 0 Å². The first kappa shape index (κ1) is 22.2. The highest BCUT2D eigenvalue weighted by Crippen LogP contribution is 2.38. The predicted molar refractivity (Wildman–Crippen MR) is 153 cm³/mol. The molecule has 1 heterocycles. The molecule has 0 amide bonds. The van der Waals surface area contributed by atoms with Gasteiger partial charge in [0.25, 0.3) is 0 Å². The van der Waals surface area contributed by atoms with Gasteiger partial charge in [0.05, 0.1) is 11.2 Å². The smallest absolute Gasteiger partial charge is 0.228 e. The van der Waals surface area contributed by atoms with E-state index in [1.165, 1.54) is 5.56 Å². The number of nitrogens with one attached hydrogen (secondary N) is 1. The Morgan fingerprint density at radius 2 is 1.19 bits per heavy atom. The zero-order valence-corrected chi connectivity index (χ0v) is 21.0. The van der Waals surface area contributed by atoms with Crippen molar-refractivity contribution in [2.24, 2.45) is 0 Å². The summed E-state index contributed by atoms with van der Waals surface area (Å²) in [7, 11) is 0. The first-order valence-corrected chi connectivity index (χ1v) is 12.6. The van der Waals surface area contributed by atoms with Gasteiger partial charge in [-0.25, -0.2) is 9.97 Å². The number of anilines is 2. The van der Waals surface area contributed by atoms with E-state index in [0.29, 0.717) is 5.95 Å². The Balaban J connectivity index is 1.50. The fourth-order valence-electron chi connectivity index (χ4n) is 4.43. The van der Waals surface area contributed by atoms with Gasteiger partial charge in [0.1, 0.15) is 0 Å². The van der Waals surface area contributed by atoms with Crippen molar-refractivity contribution in [1.82, 2.24) is 9.97 Å². The van der Waals surface area contributed by atoms with Crippen LogP contribution in [0.5, 0.6) is 0 Å². The van der Waals surface area contributed by atoms with Crippen LogP contribution >= 0.6 is 15.9 Å². The molecule has 0 bridgehead atoms. The van der Waals surface area contributed by atoms with E-state index < -0.39 is 0 Å². The second-order valence-electron chi connectivity index (χ2n) is 8.51. The molecule has 0 atom stereocenters. The summed E-state index contributed by atoms with van der Waals surface area (Å²) in [6.07, 6.45) is 0. The molecule has 36 heavy (non-hydrogen) atoms. The molecule has 0 aliphatic rings.